The maximum atomic E-state index is 11.7. The molecule has 1 aliphatic rings. The van der Waals surface area contributed by atoms with E-state index in [1.165, 1.54) is 0 Å². The number of nitrogens with one attached hydrogen (secondary N) is 1. The standard InChI is InChI=1S/C13H11NO2/c1-3-5-9-11-8(2)6-4-7-10(11)13(16)14-12(9)15/h3-7H,1H2,2H3,(H,14,15,16)/b9-5+. The number of aryl methyl sites for hydroxylation is 1. The summed E-state index contributed by atoms with van der Waals surface area (Å²) in [7, 11) is 0. The number of carbonyl (C=O) groups is 2. The third-order valence-corrected chi connectivity index (χ3v) is 2.54. The molecule has 0 bridgehead atoms. The highest BCUT2D eigenvalue weighted by Crippen LogP contribution is 2.27. The lowest BCUT2D eigenvalue weighted by Crippen LogP contribution is -2.36. The van der Waals surface area contributed by atoms with Crippen LogP contribution in [0.15, 0.2) is 36.9 Å². The number of allylic oxidation sites excluding steroid dienone is 2. The Balaban J connectivity index is 2.75. The first-order chi connectivity index (χ1) is 7.65. The van der Waals surface area contributed by atoms with Crippen LogP contribution < -0.4 is 5.32 Å². The van der Waals surface area contributed by atoms with Gasteiger partial charge in [0, 0.05) is 16.7 Å². The number of fused-ring (bicyclic) bond motifs is 1. The number of benzene rings is 1. The Bertz CT molecular complexity index is 527. The van der Waals surface area contributed by atoms with Crippen molar-refractivity contribution in [2.75, 3.05) is 0 Å². The third kappa shape index (κ3) is 1.46. The molecule has 3 heteroatoms. The molecule has 1 aromatic carbocycles. The SMILES string of the molecule is C=C/C=C1/C(=O)NC(=O)c2cccc(C)c21. The predicted octanol–water partition coefficient (Wildman–Crippen LogP) is 1.83. The largest absolute Gasteiger partial charge is 0.288 e. The molecule has 16 heavy (non-hydrogen) atoms. The molecular weight excluding hydrogens is 202 g/mol. The molecule has 3 nitrogen and oxygen atoms in total. The zero-order valence-electron chi connectivity index (χ0n) is 8.91. The highest BCUT2D eigenvalue weighted by Gasteiger charge is 2.27. The van der Waals surface area contributed by atoms with Gasteiger partial charge in [0.15, 0.2) is 0 Å². The van der Waals surface area contributed by atoms with E-state index in [1.54, 1.807) is 24.3 Å². The van der Waals surface area contributed by atoms with Gasteiger partial charge in [0.25, 0.3) is 11.8 Å². The van der Waals surface area contributed by atoms with Crippen molar-refractivity contribution in [1.29, 1.82) is 0 Å². The summed E-state index contributed by atoms with van der Waals surface area (Å²) >= 11 is 0. The van der Waals surface area contributed by atoms with Crippen LogP contribution in [-0.2, 0) is 4.79 Å². The molecule has 0 radical (unpaired) electrons. The first-order valence-electron chi connectivity index (χ1n) is 4.93. The third-order valence-electron chi connectivity index (χ3n) is 2.54. The second kappa shape index (κ2) is 3.77. The highest BCUT2D eigenvalue weighted by atomic mass is 16.2. The fourth-order valence-corrected chi connectivity index (χ4v) is 1.84. The van der Waals surface area contributed by atoms with E-state index in [2.05, 4.69) is 11.9 Å². The lowest BCUT2D eigenvalue weighted by molar-refractivity contribution is -0.114. The molecule has 1 aromatic rings. The lowest BCUT2D eigenvalue weighted by atomic mass is 9.91. The van der Waals surface area contributed by atoms with Gasteiger partial charge in [-0.1, -0.05) is 24.8 Å². The molecule has 0 aromatic heterocycles. The smallest absolute Gasteiger partial charge is 0.258 e. The Hall–Kier alpha value is -2.16. The van der Waals surface area contributed by atoms with Crippen LogP contribution >= 0.6 is 0 Å². The molecule has 0 saturated heterocycles. The van der Waals surface area contributed by atoms with Crippen molar-refractivity contribution in [3.63, 3.8) is 0 Å². The quantitative estimate of drug-likeness (QED) is 0.571. The maximum absolute atomic E-state index is 11.7. The summed E-state index contributed by atoms with van der Waals surface area (Å²) in [5.41, 5.74) is 2.64. The summed E-state index contributed by atoms with van der Waals surface area (Å²) in [6.45, 7) is 5.45. The van der Waals surface area contributed by atoms with Crippen LogP contribution in [0, 0.1) is 6.92 Å². The fourth-order valence-electron chi connectivity index (χ4n) is 1.84. The fraction of sp³-hybridized carbons (Fsp3) is 0.0769. The summed E-state index contributed by atoms with van der Waals surface area (Å²) in [5, 5.41) is 2.30. The van der Waals surface area contributed by atoms with Gasteiger partial charge < -0.3 is 0 Å². The molecule has 0 aliphatic carbocycles. The molecule has 1 N–H and O–H groups in total. The minimum Gasteiger partial charge on any atom is -0.288 e. The zero-order valence-corrected chi connectivity index (χ0v) is 8.91. The number of rotatable bonds is 1. The highest BCUT2D eigenvalue weighted by molar-refractivity contribution is 6.31. The van der Waals surface area contributed by atoms with E-state index in [0.717, 1.165) is 5.56 Å². The van der Waals surface area contributed by atoms with E-state index in [9.17, 15) is 9.59 Å². The average molecular weight is 213 g/mol. The van der Waals surface area contributed by atoms with E-state index in [-0.39, 0.29) is 11.8 Å². The Kier molecular flexibility index (Phi) is 2.44. The van der Waals surface area contributed by atoms with E-state index in [1.807, 2.05) is 13.0 Å². The molecule has 0 spiro atoms. The van der Waals surface area contributed by atoms with E-state index < -0.39 is 0 Å². The Morgan fingerprint density at radius 1 is 1.25 bits per heavy atom. The maximum Gasteiger partial charge on any atom is 0.258 e. The molecule has 2 amide bonds. The van der Waals surface area contributed by atoms with Gasteiger partial charge in [0.05, 0.1) is 0 Å². The van der Waals surface area contributed by atoms with Gasteiger partial charge in [-0.25, -0.2) is 0 Å². The molecule has 0 fully saturated rings. The van der Waals surface area contributed by atoms with Gasteiger partial charge in [-0.05, 0) is 24.6 Å². The van der Waals surface area contributed by atoms with Crippen LogP contribution in [0.1, 0.15) is 21.5 Å². The molecule has 0 saturated carbocycles. The Labute approximate surface area is 93.5 Å². The van der Waals surface area contributed by atoms with Gasteiger partial charge in [-0.2, -0.15) is 0 Å². The number of amides is 2. The summed E-state index contributed by atoms with van der Waals surface area (Å²) in [6.07, 6.45) is 3.16. The van der Waals surface area contributed by atoms with Gasteiger partial charge in [-0.3, -0.25) is 14.9 Å². The topological polar surface area (TPSA) is 46.2 Å². The number of carbonyl (C=O) groups excluding carboxylic acids is 2. The first-order valence-corrected chi connectivity index (χ1v) is 4.93. The molecule has 1 heterocycles. The minimum absolute atomic E-state index is 0.343. The minimum atomic E-state index is -0.369. The van der Waals surface area contributed by atoms with Crippen LogP contribution in [0.2, 0.25) is 0 Å². The summed E-state index contributed by atoms with van der Waals surface area (Å²) in [5.74, 6) is -0.711. The molecule has 0 atom stereocenters. The first kappa shape index (κ1) is 10.4. The van der Waals surface area contributed by atoms with Gasteiger partial charge in [0.2, 0.25) is 0 Å². The van der Waals surface area contributed by atoms with Crippen molar-refractivity contribution in [2.45, 2.75) is 6.92 Å². The normalized spacial score (nSPS) is 16.9. The van der Waals surface area contributed by atoms with Crippen molar-refractivity contribution in [3.05, 3.63) is 53.6 Å². The number of imide groups is 1. The molecule has 80 valence electrons. The van der Waals surface area contributed by atoms with Crippen molar-refractivity contribution in [3.8, 4) is 0 Å². The summed E-state index contributed by atoms with van der Waals surface area (Å²) in [4.78, 5) is 23.3. The summed E-state index contributed by atoms with van der Waals surface area (Å²) in [6, 6.07) is 5.39. The Morgan fingerprint density at radius 3 is 2.69 bits per heavy atom. The van der Waals surface area contributed by atoms with Crippen molar-refractivity contribution >= 4 is 17.4 Å². The van der Waals surface area contributed by atoms with Crippen LogP contribution in [0.4, 0.5) is 0 Å². The second-order valence-electron chi connectivity index (χ2n) is 3.60. The summed E-state index contributed by atoms with van der Waals surface area (Å²) < 4.78 is 0. The van der Waals surface area contributed by atoms with Gasteiger partial charge in [-0.15, -0.1) is 0 Å². The number of hydrogen-bond acceptors (Lipinski definition) is 2. The Morgan fingerprint density at radius 2 is 2.00 bits per heavy atom. The van der Waals surface area contributed by atoms with Crippen LogP contribution in [-0.4, -0.2) is 11.8 Å². The molecule has 1 aliphatic heterocycles. The molecule has 2 rings (SSSR count). The predicted molar refractivity (Wildman–Crippen MR) is 61.8 cm³/mol. The number of hydrogen-bond donors (Lipinski definition) is 1. The van der Waals surface area contributed by atoms with Crippen LogP contribution in [0.3, 0.4) is 0 Å². The average Bonchev–Trinajstić information content (AvgIpc) is 2.24. The van der Waals surface area contributed by atoms with Gasteiger partial charge in [0.1, 0.15) is 0 Å². The van der Waals surface area contributed by atoms with Crippen LogP contribution in [0.25, 0.3) is 5.57 Å². The molecular formula is C13H11NO2. The van der Waals surface area contributed by atoms with E-state index >= 15 is 0 Å². The van der Waals surface area contributed by atoms with Crippen LogP contribution in [0.5, 0.6) is 0 Å². The van der Waals surface area contributed by atoms with Crippen molar-refractivity contribution < 1.29 is 9.59 Å². The second-order valence-corrected chi connectivity index (χ2v) is 3.60. The zero-order chi connectivity index (χ0) is 11.7. The lowest BCUT2D eigenvalue weighted by Gasteiger charge is -2.19. The van der Waals surface area contributed by atoms with Crippen molar-refractivity contribution in [2.24, 2.45) is 0 Å². The molecule has 0 unspecified atom stereocenters. The van der Waals surface area contributed by atoms with Gasteiger partial charge >= 0.3 is 0 Å². The van der Waals surface area contributed by atoms with E-state index in [4.69, 9.17) is 0 Å². The van der Waals surface area contributed by atoms with Crippen molar-refractivity contribution in [1.82, 2.24) is 5.32 Å². The monoisotopic (exact) mass is 213 g/mol. The van der Waals surface area contributed by atoms with E-state index in [0.29, 0.717) is 16.7 Å².